The largest absolute Gasteiger partial charge is 0.396 e. The minimum atomic E-state index is -0.325. The molecule has 0 aliphatic carbocycles. The van der Waals surface area contributed by atoms with Gasteiger partial charge in [0.15, 0.2) is 0 Å². The molecule has 17 heavy (non-hydrogen) atoms. The van der Waals surface area contributed by atoms with E-state index in [1.54, 1.807) is 14.1 Å². The van der Waals surface area contributed by atoms with Crippen molar-refractivity contribution in [3.8, 4) is 0 Å². The van der Waals surface area contributed by atoms with Gasteiger partial charge in [0.05, 0.1) is 18.4 Å². The van der Waals surface area contributed by atoms with E-state index >= 15 is 0 Å². The summed E-state index contributed by atoms with van der Waals surface area (Å²) in [5.74, 6) is -0.530. The number of nitrogens with two attached hydrogens (primary N) is 1. The second-order valence-electron chi connectivity index (χ2n) is 3.69. The summed E-state index contributed by atoms with van der Waals surface area (Å²) in [6.07, 6.45) is 1.41. The van der Waals surface area contributed by atoms with Gasteiger partial charge in [-0.15, -0.1) is 0 Å². The summed E-state index contributed by atoms with van der Waals surface area (Å²) in [5, 5.41) is 6.50. The Hall–Kier alpha value is -2.05. The zero-order valence-electron chi connectivity index (χ0n) is 10.2. The summed E-state index contributed by atoms with van der Waals surface area (Å²) in [6, 6.07) is 0. The fraction of sp³-hybridized carbons (Fsp3) is 0.500. The van der Waals surface area contributed by atoms with Gasteiger partial charge in [-0.25, -0.2) is 0 Å². The Kier molecular flexibility index (Phi) is 4.08. The number of nitrogen functional groups attached to an aromatic ring is 1. The third-order valence-electron chi connectivity index (χ3n) is 2.27. The first-order chi connectivity index (χ1) is 7.97. The van der Waals surface area contributed by atoms with E-state index in [4.69, 9.17) is 5.73 Å². The Bertz CT molecular complexity index is 407. The Morgan fingerprint density at radius 1 is 1.59 bits per heavy atom. The van der Waals surface area contributed by atoms with Gasteiger partial charge in [0.1, 0.15) is 5.69 Å². The van der Waals surface area contributed by atoms with Crippen LogP contribution in [0.3, 0.4) is 0 Å². The molecule has 0 spiro atoms. The maximum Gasteiger partial charge on any atom is 0.274 e. The molecule has 0 aliphatic heterocycles. The second-order valence-corrected chi connectivity index (χ2v) is 3.69. The standard InChI is InChI=1S/C10H17N5O2/c1-4-12-8(16)6-14(2)10(17)9-7(11)5-13-15(9)3/h5H,4,6,11H2,1-3H3,(H,12,16). The fourth-order valence-corrected chi connectivity index (χ4v) is 1.44. The number of likely N-dealkylation sites (N-methyl/N-ethyl adjacent to an activating group) is 2. The lowest BCUT2D eigenvalue weighted by atomic mass is 10.3. The summed E-state index contributed by atoms with van der Waals surface area (Å²) in [4.78, 5) is 24.6. The molecule has 0 aromatic carbocycles. The van der Waals surface area contributed by atoms with Crippen molar-refractivity contribution in [2.24, 2.45) is 7.05 Å². The number of rotatable bonds is 4. The molecule has 0 aliphatic rings. The number of amides is 2. The minimum Gasteiger partial charge on any atom is -0.396 e. The van der Waals surface area contributed by atoms with Crippen LogP contribution in [0.2, 0.25) is 0 Å². The van der Waals surface area contributed by atoms with E-state index in [0.29, 0.717) is 12.2 Å². The number of anilines is 1. The fourth-order valence-electron chi connectivity index (χ4n) is 1.44. The molecule has 7 heteroatoms. The predicted octanol–water partition coefficient (Wildman–Crippen LogP) is -0.790. The number of aromatic nitrogens is 2. The van der Waals surface area contributed by atoms with E-state index in [1.807, 2.05) is 6.92 Å². The molecule has 1 rings (SSSR count). The van der Waals surface area contributed by atoms with Gasteiger partial charge in [0, 0.05) is 20.6 Å². The van der Waals surface area contributed by atoms with Gasteiger partial charge < -0.3 is 16.0 Å². The van der Waals surface area contributed by atoms with E-state index in [9.17, 15) is 9.59 Å². The molecule has 1 aromatic heterocycles. The molecule has 0 saturated carbocycles. The number of carbonyl (C=O) groups excluding carboxylic acids is 2. The second kappa shape index (κ2) is 5.33. The van der Waals surface area contributed by atoms with Crippen molar-refractivity contribution in [1.29, 1.82) is 0 Å². The number of carbonyl (C=O) groups is 2. The van der Waals surface area contributed by atoms with Crippen LogP contribution in [0.5, 0.6) is 0 Å². The van der Waals surface area contributed by atoms with Crippen LogP contribution in [0.4, 0.5) is 5.69 Å². The van der Waals surface area contributed by atoms with Gasteiger partial charge in [-0.1, -0.05) is 0 Å². The molecular formula is C10H17N5O2. The monoisotopic (exact) mass is 239 g/mol. The first-order valence-electron chi connectivity index (χ1n) is 5.27. The lowest BCUT2D eigenvalue weighted by Crippen LogP contribution is -2.39. The molecule has 0 unspecified atom stereocenters. The van der Waals surface area contributed by atoms with E-state index in [-0.39, 0.29) is 24.1 Å². The highest BCUT2D eigenvalue weighted by atomic mass is 16.2. The van der Waals surface area contributed by atoms with Crippen molar-refractivity contribution in [2.75, 3.05) is 25.9 Å². The van der Waals surface area contributed by atoms with Crippen LogP contribution in [0.15, 0.2) is 6.20 Å². The number of hydrogen-bond donors (Lipinski definition) is 2. The van der Waals surface area contributed by atoms with E-state index in [1.165, 1.54) is 15.8 Å². The number of nitrogens with one attached hydrogen (secondary N) is 1. The summed E-state index contributed by atoms with van der Waals surface area (Å²) in [5.41, 5.74) is 6.23. The molecule has 1 aromatic rings. The van der Waals surface area contributed by atoms with Gasteiger partial charge in [-0.3, -0.25) is 14.3 Å². The zero-order valence-corrected chi connectivity index (χ0v) is 10.2. The molecule has 0 atom stereocenters. The smallest absolute Gasteiger partial charge is 0.274 e. The molecule has 94 valence electrons. The van der Waals surface area contributed by atoms with E-state index in [2.05, 4.69) is 10.4 Å². The summed E-state index contributed by atoms with van der Waals surface area (Å²) in [7, 11) is 3.17. The lowest BCUT2D eigenvalue weighted by molar-refractivity contribution is -0.121. The Labute approximate surface area is 99.6 Å². The molecule has 0 radical (unpaired) electrons. The highest BCUT2D eigenvalue weighted by Crippen LogP contribution is 2.11. The molecular weight excluding hydrogens is 222 g/mol. The first-order valence-corrected chi connectivity index (χ1v) is 5.27. The quantitative estimate of drug-likeness (QED) is 0.720. The normalized spacial score (nSPS) is 10.1. The van der Waals surface area contributed by atoms with Crippen molar-refractivity contribution >= 4 is 17.5 Å². The maximum atomic E-state index is 12.0. The highest BCUT2D eigenvalue weighted by molar-refractivity contribution is 5.98. The molecule has 0 saturated heterocycles. The van der Waals surface area contributed by atoms with Crippen LogP contribution >= 0.6 is 0 Å². The number of aryl methyl sites for hydroxylation is 1. The van der Waals surface area contributed by atoms with Crippen molar-refractivity contribution in [2.45, 2.75) is 6.92 Å². The minimum absolute atomic E-state index is 0.00269. The van der Waals surface area contributed by atoms with Crippen molar-refractivity contribution in [3.05, 3.63) is 11.9 Å². The highest BCUT2D eigenvalue weighted by Gasteiger charge is 2.20. The topological polar surface area (TPSA) is 93.2 Å². The molecule has 2 amide bonds. The molecule has 3 N–H and O–H groups in total. The molecule has 7 nitrogen and oxygen atoms in total. The Morgan fingerprint density at radius 2 is 2.24 bits per heavy atom. The van der Waals surface area contributed by atoms with Crippen molar-refractivity contribution in [1.82, 2.24) is 20.0 Å². The van der Waals surface area contributed by atoms with E-state index < -0.39 is 0 Å². The lowest BCUT2D eigenvalue weighted by Gasteiger charge is -2.16. The molecule has 1 heterocycles. The summed E-state index contributed by atoms with van der Waals surface area (Å²) in [6.45, 7) is 2.35. The van der Waals surface area contributed by atoms with Gasteiger partial charge in [-0.2, -0.15) is 5.10 Å². The first kappa shape index (κ1) is 13.0. The van der Waals surface area contributed by atoms with Gasteiger partial charge in [-0.05, 0) is 6.92 Å². The van der Waals surface area contributed by atoms with Crippen molar-refractivity contribution < 1.29 is 9.59 Å². The van der Waals surface area contributed by atoms with Crippen LogP contribution in [0.1, 0.15) is 17.4 Å². The Morgan fingerprint density at radius 3 is 2.71 bits per heavy atom. The number of hydrogen-bond acceptors (Lipinski definition) is 4. The van der Waals surface area contributed by atoms with Gasteiger partial charge in [0.25, 0.3) is 5.91 Å². The van der Waals surface area contributed by atoms with Gasteiger partial charge in [0.2, 0.25) is 5.91 Å². The zero-order chi connectivity index (χ0) is 13.0. The predicted molar refractivity (Wildman–Crippen MR) is 63.3 cm³/mol. The number of nitrogens with zero attached hydrogens (tertiary/aromatic N) is 3. The van der Waals surface area contributed by atoms with Crippen LogP contribution < -0.4 is 11.1 Å². The molecule has 0 fully saturated rings. The van der Waals surface area contributed by atoms with Crippen LogP contribution in [0.25, 0.3) is 0 Å². The van der Waals surface area contributed by atoms with Crippen LogP contribution in [-0.2, 0) is 11.8 Å². The average molecular weight is 239 g/mol. The SMILES string of the molecule is CCNC(=O)CN(C)C(=O)c1c(N)cnn1C. The van der Waals surface area contributed by atoms with Crippen LogP contribution in [0, 0.1) is 0 Å². The molecule has 0 bridgehead atoms. The summed E-state index contributed by atoms with van der Waals surface area (Å²) >= 11 is 0. The third kappa shape index (κ3) is 2.96. The van der Waals surface area contributed by atoms with Crippen molar-refractivity contribution in [3.63, 3.8) is 0 Å². The average Bonchev–Trinajstić information content (AvgIpc) is 2.58. The van der Waals surface area contributed by atoms with Gasteiger partial charge >= 0.3 is 0 Å². The summed E-state index contributed by atoms with van der Waals surface area (Å²) < 4.78 is 1.39. The maximum absolute atomic E-state index is 12.0. The van der Waals surface area contributed by atoms with Crippen LogP contribution in [-0.4, -0.2) is 46.6 Å². The Balaban J connectivity index is 2.74. The van der Waals surface area contributed by atoms with E-state index in [0.717, 1.165) is 0 Å². The third-order valence-corrected chi connectivity index (χ3v) is 2.27.